The number of piperidine rings is 1. The molecule has 4 aromatic rings. The van der Waals surface area contributed by atoms with Gasteiger partial charge >= 0.3 is 0 Å². The molecule has 4 aromatic carbocycles. The average molecular weight is 719 g/mol. The van der Waals surface area contributed by atoms with Crippen molar-refractivity contribution in [2.24, 2.45) is 0 Å². The highest BCUT2D eigenvalue weighted by Gasteiger charge is 2.33. The topological polar surface area (TPSA) is 126 Å². The van der Waals surface area contributed by atoms with Crippen LogP contribution in [0.2, 0.25) is 0 Å². The van der Waals surface area contributed by atoms with Gasteiger partial charge in [-0.1, -0.05) is 92.1 Å². The molecule has 0 aliphatic carbocycles. The summed E-state index contributed by atoms with van der Waals surface area (Å²) < 4.78 is 13.3. The van der Waals surface area contributed by atoms with Gasteiger partial charge in [0, 0.05) is 37.9 Å². The Balaban J connectivity index is 0.996. The minimum absolute atomic E-state index is 0.0203. The molecule has 3 atom stereocenters. The van der Waals surface area contributed by atoms with Crippen molar-refractivity contribution in [1.29, 1.82) is 0 Å². The zero-order valence-corrected chi connectivity index (χ0v) is 30.7. The molecule has 0 bridgehead atoms. The summed E-state index contributed by atoms with van der Waals surface area (Å²) in [4.78, 5) is 27.4. The number of ether oxygens (including phenoxy) is 2. The number of para-hydroxylation sites is 2. The number of unbranched alkanes of at least 4 members (excludes halogenated alkanes) is 3. The zero-order chi connectivity index (χ0) is 36.8. The van der Waals surface area contributed by atoms with Crippen LogP contribution in [0.5, 0.6) is 0 Å². The van der Waals surface area contributed by atoms with Crippen molar-refractivity contribution in [3.8, 4) is 11.1 Å². The fourth-order valence-corrected chi connectivity index (χ4v) is 7.23. The molecule has 0 aromatic heterocycles. The maximum Gasteiger partial charge on any atom is 0.224 e. The lowest BCUT2D eigenvalue weighted by Gasteiger charge is -2.39. The Morgan fingerprint density at radius 2 is 1.45 bits per heavy atom. The molecule has 9 nitrogen and oxygen atoms in total. The summed E-state index contributed by atoms with van der Waals surface area (Å²) in [6.07, 6.45) is 8.19. The molecule has 6 rings (SSSR count). The van der Waals surface area contributed by atoms with E-state index in [4.69, 9.17) is 15.2 Å². The van der Waals surface area contributed by atoms with Crippen molar-refractivity contribution in [3.63, 3.8) is 0 Å². The van der Waals surface area contributed by atoms with Crippen LogP contribution in [0.25, 0.3) is 11.1 Å². The SMILES string of the molecule is Nc1ccccc1NC(=O)CCCCCCC(=O)NCc1cccc(-c2cccc([C@@H]3O[C@H](CN4CCCCC4)C[C@H](c4ccc(CO)cc4)O3)c2)c1. The van der Waals surface area contributed by atoms with E-state index in [0.717, 1.165) is 85.1 Å². The van der Waals surface area contributed by atoms with Gasteiger partial charge in [0.1, 0.15) is 0 Å². The number of carbonyl (C=O) groups is 2. The van der Waals surface area contributed by atoms with Crippen LogP contribution in [0.3, 0.4) is 0 Å². The van der Waals surface area contributed by atoms with E-state index in [1.54, 1.807) is 12.1 Å². The third-order valence-corrected chi connectivity index (χ3v) is 10.2. The maximum absolute atomic E-state index is 12.7. The normalized spacial score (nSPS) is 19.1. The number of nitrogens with two attached hydrogens (primary N) is 1. The highest BCUT2D eigenvalue weighted by molar-refractivity contribution is 5.93. The van der Waals surface area contributed by atoms with Gasteiger partial charge in [0.2, 0.25) is 11.8 Å². The first-order valence-corrected chi connectivity index (χ1v) is 19.3. The van der Waals surface area contributed by atoms with Gasteiger partial charge in [0.25, 0.3) is 0 Å². The van der Waals surface area contributed by atoms with Crippen molar-refractivity contribution >= 4 is 23.2 Å². The number of hydrogen-bond donors (Lipinski definition) is 4. The maximum atomic E-state index is 12.7. The average Bonchev–Trinajstić information content (AvgIpc) is 3.20. The van der Waals surface area contributed by atoms with E-state index in [0.29, 0.717) is 30.8 Å². The second-order valence-electron chi connectivity index (χ2n) is 14.4. The van der Waals surface area contributed by atoms with E-state index in [9.17, 15) is 14.7 Å². The van der Waals surface area contributed by atoms with Gasteiger partial charge in [-0.05, 0) is 90.9 Å². The molecule has 0 radical (unpaired) electrons. The summed E-state index contributed by atoms with van der Waals surface area (Å²) >= 11 is 0. The molecular weight excluding hydrogens is 665 g/mol. The molecule has 2 aliphatic heterocycles. The summed E-state index contributed by atoms with van der Waals surface area (Å²) in [5, 5.41) is 15.5. The zero-order valence-electron chi connectivity index (χ0n) is 30.7. The number of aliphatic hydroxyl groups is 1. The van der Waals surface area contributed by atoms with Crippen molar-refractivity contribution in [1.82, 2.24) is 10.2 Å². The van der Waals surface area contributed by atoms with E-state index in [1.165, 1.54) is 19.3 Å². The molecule has 2 fully saturated rings. The second-order valence-corrected chi connectivity index (χ2v) is 14.4. The van der Waals surface area contributed by atoms with E-state index in [1.807, 2.05) is 36.4 Å². The smallest absolute Gasteiger partial charge is 0.224 e. The Bertz CT molecular complexity index is 1770. The van der Waals surface area contributed by atoms with Crippen LogP contribution in [0.15, 0.2) is 97.1 Å². The number of aliphatic hydroxyl groups excluding tert-OH is 1. The van der Waals surface area contributed by atoms with Crippen molar-refractivity contribution in [2.45, 2.75) is 95.9 Å². The van der Waals surface area contributed by atoms with Gasteiger partial charge in [-0.15, -0.1) is 0 Å². The van der Waals surface area contributed by atoms with E-state index in [2.05, 4.69) is 64.1 Å². The Kier molecular flexibility index (Phi) is 14.1. The van der Waals surface area contributed by atoms with Gasteiger partial charge in [0.15, 0.2) is 6.29 Å². The third kappa shape index (κ3) is 11.5. The van der Waals surface area contributed by atoms with Gasteiger partial charge < -0.3 is 35.8 Å². The highest BCUT2D eigenvalue weighted by Crippen LogP contribution is 2.39. The first-order valence-electron chi connectivity index (χ1n) is 19.3. The predicted molar refractivity (Wildman–Crippen MR) is 210 cm³/mol. The molecule has 5 N–H and O–H groups in total. The van der Waals surface area contributed by atoms with Crippen LogP contribution < -0.4 is 16.4 Å². The molecular formula is C44H54N4O5. The summed E-state index contributed by atoms with van der Waals surface area (Å²) in [5.74, 6) is -0.0155. The number of benzene rings is 4. The predicted octanol–water partition coefficient (Wildman–Crippen LogP) is 8.05. The van der Waals surface area contributed by atoms with Crippen LogP contribution in [-0.2, 0) is 32.2 Å². The summed E-state index contributed by atoms with van der Waals surface area (Å²) in [6.45, 7) is 3.59. The second kappa shape index (κ2) is 19.5. The Hall–Kier alpha value is -4.54. The molecule has 2 amide bonds. The third-order valence-electron chi connectivity index (χ3n) is 10.2. The molecule has 2 aliphatic rings. The largest absolute Gasteiger partial charge is 0.397 e. The van der Waals surface area contributed by atoms with Gasteiger partial charge in [-0.2, -0.15) is 0 Å². The van der Waals surface area contributed by atoms with Crippen molar-refractivity contribution in [3.05, 3.63) is 119 Å². The number of likely N-dealkylation sites (tertiary alicyclic amines) is 1. The first kappa shape index (κ1) is 38.2. The lowest BCUT2D eigenvalue weighted by molar-refractivity contribution is -0.253. The molecule has 0 spiro atoms. The summed E-state index contributed by atoms with van der Waals surface area (Å²) in [6, 6.07) is 32.0. The van der Waals surface area contributed by atoms with Gasteiger partial charge in [-0.3, -0.25) is 9.59 Å². The highest BCUT2D eigenvalue weighted by atomic mass is 16.7. The molecule has 0 saturated carbocycles. The number of rotatable bonds is 16. The fraction of sp³-hybridized carbons (Fsp3) is 0.409. The van der Waals surface area contributed by atoms with Crippen LogP contribution in [0.1, 0.15) is 98.9 Å². The molecule has 53 heavy (non-hydrogen) atoms. The molecule has 280 valence electrons. The number of anilines is 2. The number of hydrogen-bond acceptors (Lipinski definition) is 7. The van der Waals surface area contributed by atoms with Gasteiger partial charge in [-0.25, -0.2) is 0 Å². The molecule has 0 unspecified atom stereocenters. The number of nitrogens with zero attached hydrogens (tertiary/aromatic N) is 1. The van der Waals surface area contributed by atoms with E-state index >= 15 is 0 Å². The quantitative estimate of drug-likeness (QED) is 0.0682. The number of amides is 2. The number of nitrogen functional groups attached to an aromatic ring is 1. The van der Waals surface area contributed by atoms with Crippen LogP contribution in [0.4, 0.5) is 11.4 Å². The standard InChI is InChI=1S/C44H54N4O5/c45-39-16-6-7-17-40(39)47-43(51)19-5-2-1-4-18-42(50)46-29-33-12-10-13-35(26-33)36-14-11-15-37(27-36)44-52-38(30-48-24-8-3-9-25-48)28-41(53-44)34-22-20-32(31-49)21-23-34/h6-7,10-17,20-23,26-27,38,41,44,49H,1-5,8-9,18-19,24-25,28-31,45H2,(H,46,50)(H,47,51)/t38-,41+,44+/m0/s1. The number of carbonyl (C=O) groups excluding carboxylic acids is 2. The monoisotopic (exact) mass is 718 g/mol. The minimum Gasteiger partial charge on any atom is -0.397 e. The van der Waals surface area contributed by atoms with Crippen molar-refractivity contribution < 1.29 is 24.2 Å². The van der Waals surface area contributed by atoms with E-state index < -0.39 is 6.29 Å². The van der Waals surface area contributed by atoms with Crippen molar-refractivity contribution in [2.75, 3.05) is 30.7 Å². The molecule has 9 heteroatoms. The van der Waals surface area contributed by atoms with E-state index in [-0.39, 0.29) is 30.6 Å². The lowest BCUT2D eigenvalue weighted by atomic mass is 9.98. The van der Waals surface area contributed by atoms with Crippen LogP contribution in [0, 0.1) is 0 Å². The fourth-order valence-electron chi connectivity index (χ4n) is 7.23. The minimum atomic E-state index is -0.505. The van der Waals surface area contributed by atoms with Crippen LogP contribution in [-0.4, -0.2) is 47.6 Å². The number of nitrogens with one attached hydrogen (secondary N) is 2. The van der Waals surface area contributed by atoms with Gasteiger partial charge in [0.05, 0.1) is 30.2 Å². The first-order chi connectivity index (χ1) is 25.9. The molecule has 2 heterocycles. The lowest BCUT2D eigenvalue weighted by Crippen LogP contribution is -2.41. The Labute approximate surface area is 313 Å². The summed E-state index contributed by atoms with van der Waals surface area (Å²) in [5.41, 5.74) is 13.2. The Morgan fingerprint density at radius 1 is 0.736 bits per heavy atom. The summed E-state index contributed by atoms with van der Waals surface area (Å²) in [7, 11) is 0. The Morgan fingerprint density at radius 3 is 2.21 bits per heavy atom. The molecule has 2 saturated heterocycles. The van der Waals surface area contributed by atoms with Crippen LogP contribution >= 0.6 is 0 Å².